The van der Waals surface area contributed by atoms with Gasteiger partial charge in [0.1, 0.15) is 17.7 Å². The number of ether oxygens (including phenoxy) is 2. The van der Waals surface area contributed by atoms with Crippen molar-refractivity contribution >= 4 is 64.4 Å². The van der Waals surface area contributed by atoms with E-state index in [1.165, 1.54) is 40.8 Å². The predicted octanol–water partition coefficient (Wildman–Crippen LogP) is 4.13. The minimum Gasteiger partial charge on any atom is -0.767 e. The van der Waals surface area contributed by atoms with Crippen LogP contribution in [0.15, 0.2) is 128 Å². The molecule has 1 amide bonds. The number of carbonyl (C=O) groups is 3. The minimum absolute atomic E-state index is 0. The Labute approximate surface area is 315 Å². The third-order valence-corrected chi connectivity index (χ3v) is 13.2. The van der Waals surface area contributed by atoms with Gasteiger partial charge in [-0.25, -0.2) is 4.79 Å². The minimum atomic E-state index is -3.25. The summed E-state index contributed by atoms with van der Waals surface area (Å²) in [5.41, 5.74) is 0.829. The van der Waals surface area contributed by atoms with Crippen LogP contribution in [0.25, 0.3) is 0 Å². The molecule has 1 aliphatic rings. The van der Waals surface area contributed by atoms with Crippen LogP contribution in [-0.2, 0) is 72.5 Å². The van der Waals surface area contributed by atoms with Gasteiger partial charge in [0.2, 0.25) is 5.91 Å². The smallest absolute Gasteiger partial charge is 0.767 e. The van der Waals surface area contributed by atoms with Crippen LogP contribution in [0.4, 0.5) is 5.69 Å². The summed E-state index contributed by atoms with van der Waals surface area (Å²) >= 11 is 6.06. The second-order valence-electron chi connectivity index (χ2n) is 11.6. The predicted molar refractivity (Wildman–Crippen MR) is 192 cm³/mol. The molecule has 14 heteroatoms. The van der Waals surface area contributed by atoms with Gasteiger partial charge in [0.25, 0.3) is 5.69 Å². The van der Waals surface area contributed by atoms with E-state index in [1.807, 2.05) is 91.0 Å². The Bertz CT molecular complexity index is 1990. The number of aromatic nitrogens is 2. The van der Waals surface area contributed by atoms with Gasteiger partial charge in [0.05, 0.1) is 10.8 Å². The molecular weight excluding hydrogens is 783 g/mol. The first kappa shape index (κ1) is 37.5. The number of esters is 2. The van der Waals surface area contributed by atoms with E-state index in [1.54, 1.807) is 19.3 Å². The molecule has 1 aliphatic heterocycles. The first-order chi connectivity index (χ1) is 24.1. The summed E-state index contributed by atoms with van der Waals surface area (Å²) in [4.78, 5) is 53.7. The zero-order valence-corrected chi connectivity index (χ0v) is 30.6. The zero-order valence-electron chi connectivity index (χ0n) is 27.4. The van der Waals surface area contributed by atoms with Crippen molar-refractivity contribution in [3.05, 3.63) is 149 Å². The molecule has 0 bridgehead atoms. The quantitative estimate of drug-likeness (QED) is 0.0367. The number of rotatable bonds is 11. The van der Waals surface area contributed by atoms with E-state index < -0.39 is 47.1 Å². The molecule has 0 N–H and O–H groups in total. The SMILES string of the molecule is CC(=O)OC(c1ccn(C)n1)C1C(=O)N(C(C(=O)OCc2ccc([N+](=O)[O-])cc2)=P(c2ccccc2)(c2ccccc2)c2ccccc2)C1[S-].[Ag+]. The van der Waals surface area contributed by atoms with Crippen LogP contribution < -0.4 is 15.9 Å². The number of nitrogens with zero attached hydrogens (tertiary/aromatic N) is 4. The number of hydrogen-bond acceptors (Lipinski definition) is 9. The molecule has 1 saturated heterocycles. The Morgan fingerprint density at radius 1 is 0.882 bits per heavy atom. The summed E-state index contributed by atoms with van der Waals surface area (Å²) in [6.45, 7) is -2.22. The number of benzene rings is 4. The Balaban J connectivity index is 0.00000504. The van der Waals surface area contributed by atoms with Gasteiger partial charge in [-0.2, -0.15) is 5.10 Å². The number of non-ortho nitro benzene ring substituents is 1. The van der Waals surface area contributed by atoms with E-state index in [0.29, 0.717) is 11.3 Å². The first-order valence-corrected chi connectivity index (χ1v) is 17.9. The molecule has 0 saturated carbocycles. The molecule has 0 aliphatic carbocycles. The summed E-state index contributed by atoms with van der Waals surface area (Å²) in [5, 5.41) is 16.9. The molecule has 0 spiro atoms. The molecule has 6 rings (SSSR count). The van der Waals surface area contributed by atoms with Gasteiger partial charge >= 0.3 is 34.3 Å². The van der Waals surface area contributed by atoms with Crippen molar-refractivity contribution in [3.63, 3.8) is 0 Å². The van der Waals surface area contributed by atoms with Gasteiger partial charge in [-0.3, -0.25) is 24.4 Å². The van der Waals surface area contributed by atoms with Crippen molar-refractivity contribution in [2.24, 2.45) is 13.0 Å². The van der Waals surface area contributed by atoms with Crippen LogP contribution in [0, 0.1) is 16.0 Å². The van der Waals surface area contributed by atoms with E-state index >= 15 is 0 Å². The molecule has 3 unspecified atom stereocenters. The van der Waals surface area contributed by atoms with E-state index in [-0.39, 0.29) is 40.1 Å². The largest absolute Gasteiger partial charge is 1.00 e. The Kier molecular flexibility index (Phi) is 11.9. The second kappa shape index (κ2) is 16.1. The number of hydrogen-bond donors (Lipinski definition) is 0. The molecule has 5 aromatic rings. The molecule has 3 atom stereocenters. The summed E-state index contributed by atoms with van der Waals surface area (Å²) < 4.78 is 13.2. The van der Waals surface area contributed by atoms with Crippen molar-refractivity contribution in [2.45, 2.75) is 25.0 Å². The topological polar surface area (TPSA) is 134 Å². The van der Waals surface area contributed by atoms with Crippen molar-refractivity contribution in [1.82, 2.24) is 14.7 Å². The molecule has 2 heterocycles. The summed E-state index contributed by atoms with van der Waals surface area (Å²) in [7, 11) is 1.71. The van der Waals surface area contributed by atoms with Crippen LogP contribution in [0.1, 0.15) is 24.3 Å². The van der Waals surface area contributed by atoms with Gasteiger partial charge in [0.15, 0.2) is 6.10 Å². The van der Waals surface area contributed by atoms with Crippen LogP contribution in [0.5, 0.6) is 0 Å². The molecule has 1 fully saturated rings. The van der Waals surface area contributed by atoms with Crippen LogP contribution >= 0.6 is 6.89 Å². The monoisotopic (exact) mass is 814 g/mol. The maximum absolute atomic E-state index is 14.8. The average Bonchev–Trinajstić information content (AvgIpc) is 3.57. The third kappa shape index (κ3) is 7.37. The fraction of sp³-hybridized carbons (Fsp3) is 0.162. The van der Waals surface area contributed by atoms with Crippen molar-refractivity contribution < 1.29 is 51.2 Å². The number of nitro groups is 1. The van der Waals surface area contributed by atoms with Crippen LogP contribution in [0.2, 0.25) is 0 Å². The number of likely N-dealkylation sites (tertiary alicyclic amines) is 1. The number of aryl methyl sites for hydroxylation is 1. The van der Waals surface area contributed by atoms with Crippen molar-refractivity contribution in [3.8, 4) is 0 Å². The standard InChI is InChI=1S/C37H33N4O7PS.Ag/c1-25(42)48-33(31-22-23-39(2)38-31)32-34(43)40(36(32)50)35(37(44)47-24-26-18-20-27(21-19-26)41(45)46)49(28-12-6-3-7-13-28,29-14-8-4-9-15-29)30-16-10-5-11-17-30;/h3-23,32-33,36,50H,24H2,1-2H3;/q;+1/p-1. The molecule has 4 aromatic carbocycles. The van der Waals surface area contributed by atoms with Gasteiger partial charge in [-0.1, -0.05) is 96.4 Å². The summed E-state index contributed by atoms with van der Waals surface area (Å²) in [6, 6.07) is 35.7. The molecule has 11 nitrogen and oxygen atoms in total. The molecule has 51 heavy (non-hydrogen) atoms. The Morgan fingerprint density at radius 3 is 1.80 bits per heavy atom. The number of nitro benzene ring substituents is 1. The molecule has 1 aromatic heterocycles. The maximum atomic E-state index is 14.8. The van der Waals surface area contributed by atoms with E-state index in [2.05, 4.69) is 5.10 Å². The summed E-state index contributed by atoms with van der Waals surface area (Å²) in [5.74, 6) is -2.93. The van der Waals surface area contributed by atoms with E-state index in [0.717, 1.165) is 15.9 Å². The Hall–Kier alpha value is -4.71. The average molecular weight is 816 g/mol. The van der Waals surface area contributed by atoms with Gasteiger partial charge in [0, 0.05) is 39.2 Å². The molecule has 264 valence electrons. The molecular formula is C37H32AgN4O7PS. The first-order valence-electron chi connectivity index (χ1n) is 15.6. The maximum Gasteiger partial charge on any atom is 1.00 e. The van der Waals surface area contributed by atoms with Gasteiger partial charge < -0.3 is 27.0 Å². The number of carbonyl (C=O) groups excluding carboxylic acids is 3. The van der Waals surface area contributed by atoms with E-state index in [4.69, 9.17) is 22.1 Å². The summed E-state index contributed by atoms with van der Waals surface area (Å²) in [6.07, 6.45) is 0.588. The molecule has 0 radical (unpaired) electrons. The zero-order chi connectivity index (χ0) is 35.4. The Morgan fingerprint density at radius 2 is 1.39 bits per heavy atom. The number of amides is 1. The fourth-order valence-corrected chi connectivity index (χ4v) is 11.1. The van der Waals surface area contributed by atoms with Gasteiger partial charge in [-0.15, -0.1) is 0 Å². The normalized spacial score (nSPS) is 15.9. The van der Waals surface area contributed by atoms with Crippen molar-refractivity contribution in [1.29, 1.82) is 0 Å². The van der Waals surface area contributed by atoms with Crippen LogP contribution in [0.3, 0.4) is 0 Å². The van der Waals surface area contributed by atoms with Crippen LogP contribution in [-0.4, -0.2) is 48.2 Å². The van der Waals surface area contributed by atoms with Crippen molar-refractivity contribution in [2.75, 3.05) is 0 Å². The third-order valence-electron chi connectivity index (χ3n) is 8.41. The second-order valence-corrected chi connectivity index (χ2v) is 15.4. The van der Waals surface area contributed by atoms with E-state index in [9.17, 15) is 24.5 Å². The fourth-order valence-electron chi connectivity index (χ4n) is 6.16. The van der Waals surface area contributed by atoms with Gasteiger partial charge in [-0.05, 0) is 39.7 Å². The number of β-lactam (4-membered cyclic amide) rings is 1.